The molecule has 0 radical (unpaired) electrons. The molecule has 0 aliphatic rings. The van der Waals surface area contributed by atoms with E-state index in [2.05, 4.69) is 17.0 Å². The lowest BCUT2D eigenvalue weighted by Crippen LogP contribution is -2.07. The van der Waals surface area contributed by atoms with Gasteiger partial charge in [0.05, 0.1) is 0 Å². The van der Waals surface area contributed by atoms with Crippen LogP contribution in [0.1, 0.15) is 0 Å². The zero-order chi connectivity index (χ0) is 6.69. The third kappa shape index (κ3) is 2.43. The third-order valence-corrected chi connectivity index (χ3v) is 1.27. The van der Waals surface area contributed by atoms with Crippen molar-refractivity contribution in [2.75, 3.05) is 19.0 Å². The average molecular weight is 151 g/mol. The summed E-state index contributed by atoms with van der Waals surface area (Å²) in [6.45, 7) is 0. The Hall–Kier alpha value is -0.448. The number of benzene rings is 1. The van der Waals surface area contributed by atoms with E-state index in [0.717, 1.165) is 0 Å². The molecule has 1 aromatic rings. The molecule has 0 bridgehead atoms. The van der Waals surface area contributed by atoms with Crippen LogP contribution in [0.5, 0.6) is 0 Å². The van der Waals surface area contributed by atoms with E-state index in [9.17, 15) is 0 Å². The summed E-state index contributed by atoms with van der Waals surface area (Å²) in [5.41, 5.74) is 1.25. The largest absolute Gasteiger partial charge is 0.378 e. The van der Waals surface area contributed by atoms with E-state index in [1.165, 1.54) is 5.69 Å². The number of hydrogen-bond acceptors (Lipinski definition) is 1. The van der Waals surface area contributed by atoms with Crippen molar-refractivity contribution in [3.63, 3.8) is 0 Å². The Morgan fingerprint density at radius 3 is 1.80 bits per heavy atom. The van der Waals surface area contributed by atoms with Crippen LogP contribution in [0.25, 0.3) is 0 Å². The van der Waals surface area contributed by atoms with Crippen molar-refractivity contribution in [1.82, 2.24) is 0 Å². The lowest BCUT2D eigenvalue weighted by molar-refractivity contribution is 1.13. The summed E-state index contributed by atoms with van der Waals surface area (Å²) in [7, 11) is 4.07. The standard InChI is InChI=1S/C8H11N.Al.3H/c1-9(2)8-6-4-3-5-7-8;;;;/h3-7H,1-2H3;;;;. The first-order valence-electron chi connectivity index (χ1n) is 3.03. The predicted molar refractivity (Wildman–Crippen MR) is 50.7 cm³/mol. The molecule has 0 N–H and O–H groups in total. The lowest BCUT2D eigenvalue weighted by Gasteiger charge is -2.10. The monoisotopic (exact) mass is 151 g/mol. The Kier molecular flexibility index (Phi) is 4.18. The molecule has 10 heavy (non-hydrogen) atoms. The number of hydrogen-bond donors (Lipinski definition) is 0. The summed E-state index contributed by atoms with van der Waals surface area (Å²) in [6.07, 6.45) is 0. The molecular formula is C8H14AlN. The van der Waals surface area contributed by atoms with Gasteiger partial charge in [0, 0.05) is 19.8 Å². The summed E-state index contributed by atoms with van der Waals surface area (Å²) in [5.74, 6) is 0. The predicted octanol–water partition coefficient (Wildman–Crippen LogP) is 0.569. The molecule has 0 fully saturated rings. The van der Waals surface area contributed by atoms with E-state index in [-0.39, 0.29) is 17.4 Å². The van der Waals surface area contributed by atoms with Crippen LogP contribution in [0.2, 0.25) is 0 Å². The maximum Gasteiger partial charge on any atom is 0.187 e. The van der Waals surface area contributed by atoms with Crippen molar-refractivity contribution < 1.29 is 0 Å². The van der Waals surface area contributed by atoms with Gasteiger partial charge in [0.15, 0.2) is 17.4 Å². The summed E-state index contributed by atoms with van der Waals surface area (Å²) in [6, 6.07) is 10.3. The van der Waals surface area contributed by atoms with Crippen LogP contribution in [0, 0.1) is 0 Å². The van der Waals surface area contributed by atoms with Gasteiger partial charge in [-0.15, -0.1) is 0 Å². The Balaban J connectivity index is 0.000000810. The highest BCUT2D eigenvalue weighted by atomic mass is 27.0. The van der Waals surface area contributed by atoms with Gasteiger partial charge in [-0.3, -0.25) is 0 Å². The maximum absolute atomic E-state index is 2.08. The van der Waals surface area contributed by atoms with Gasteiger partial charge in [-0.1, -0.05) is 18.2 Å². The zero-order valence-electron chi connectivity index (χ0n) is 5.83. The Morgan fingerprint density at radius 2 is 1.50 bits per heavy atom. The second-order valence-electron chi connectivity index (χ2n) is 2.23. The molecule has 0 aliphatic carbocycles. The molecular weight excluding hydrogens is 137 g/mol. The molecule has 54 valence electrons. The van der Waals surface area contributed by atoms with Crippen LogP contribution in [-0.4, -0.2) is 31.5 Å². The Bertz CT molecular complexity index is 172. The number of rotatable bonds is 1. The summed E-state index contributed by atoms with van der Waals surface area (Å²) in [4.78, 5) is 2.08. The summed E-state index contributed by atoms with van der Waals surface area (Å²) >= 11 is 0. The van der Waals surface area contributed by atoms with E-state index in [1.54, 1.807) is 0 Å². The van der Waals surface area contributed by atoms with E-state index in [0.29, 0.717) is 0 Å². The molecule has 0 saturated carbocycles. The molecule has 0 atom stereocenters. The van der Waals surface area contributed by atoms with E-state index in [1.807, 2.05) is 32.3 Å². The van der Waals surface area contributed by atoms with Crippen molar-refractivity contribution in [3.05, 3.63) is 30.3 Å². The molecule has 0 amide bonds. The van der Waals surface area contributed by atoms with Crippen molar-refractivity contribution in [2.24, 2.45) is 0 Å². The molecule has 1 aromatic carbocycles. The quantitative estimate of drug-likeness (QED) is 0.530. The van der Waals surface area contributed by atoms with Crippen LogP contribution < -0.4 is 4.90 Å². The Morgan fingerprint density at radius 1 is 1.00 bits per heavy atom. The molecule has 0 heterocycles. The fourth-order valence-corrected chi connectivity index (χ4v) is 0.726. The van der Waals surface area contributed by atoms with Gasteiger partial charge in [-0.05, 0) is 12.1 Å². The lowest BCUT2D eigenvalue weighted by atomic mass is 10.3. The molecule has 2 heteroatoms. The first-order valence-corrected chi connectivity index (χ1v) is 3.03. The molecule has 0 spiro atoms. The van der Waals surface area contributed by atoms with Crippen molar-refractivity contribution in [3.8, 4) is 0 Å². The van der Waals surface area contributed by atoms with E-state index in [4.69, 9.17) is 0 Å². The van der Waals surface area contributed by atoms with E-state index < -0.39 is 0 Å². The minimum Gasteiger partial charge on any atom is -0.378 e. The van der Waals surface area contributed by atoms with Gasteiger partial charge in [-0.25, -0.2) is 0 Å². The second kappa shape index (κ2) is 4.38. The van der Waals surface area contributed by atoms with Crippen LogP contribution >= 0.6 is 0 Å². The second-order valence-corrected chi connectivity index (χ2v) is 2.23. The van der Waals surface area contributed by atoms with Crippen LogP contribution in [-0.2, 0) is 0 Å². The van der Waals surface area contributed by atoms with E-state index >= 15 is 0 Å². The van der Waals surface area contributed by atoms with Gasteiger partial charge in [0.1, 0.15) is 0 Å². The molecule has 0 aromatic heterocycles. The SMILES string of the molecule is CN(C)c1ccccc1.[AlH3]. The topological polar surface area (TPSA) is 3.24 Å². The van der Waals surface area contributed by atoms with Crippen LogP contribution in [0.4, 0.5) is 5.69 Å². The first-order chi connectivity index (χ1) is 4.30. The van der Waals surface area contributed by atoms with Gasteiger partial charge in [-0.2, -0.15) is 0 Å². The van der Waals surface area contributed by atoms with Gasteiger partial charge in [0.2, 0.25) is 0 Å². The number of anilines is 1. The first kappa shape index (κ1) is 9.55. The molecule has 0 aliphatic heterocycles. The average Bonchev–Trinajstić information content (AvgIpc) is 1.90. The van der Waals surface area contributed by atoms with Crippen molar-refractivity contribution in [1.29, 1.82) is 0 Å². The molecule has 0 saturated heterocycles. The summed E-state index contributed by atoms with van der Waals surface area (Å²) in [5, 5.41) is 0. The van der Waals surface area contributed by atoms with Crippen LogP contribution in [0.15, 0.2) is 30.3 Å². The zero-order valence-corrected chi connectivity index (χ0v) is 5.83. The highest BCUT2D eigenvalue weighted by Crippen LogP contribution is 2.07. The van der Waals surface area contributed by atoms with Crippen molar-refractivity contribution >= 4 is 23.0 Å². The smallest absolute Gasteiger partial charge is 0.187 e. The summed E-state index contributed by atoms with van der Waals surface area (Å²) < 4.78 is 0. The molecule has 1 rings (SSSR count). The van der Waals surface area contributed by atoms with Gasteiger partial charge in [0.25, 0.3) is 0 Å². The molecule has 1 nitrogen and oxygen atoms in total. The highest BCUT2D eigenvalue weighted by Gasteiger charge is 1.87. The minimum atomic E-state index is 0. The normalized spacial score (nSPS) is 8.20. The third-order valence-electron chi connectivity index (χ3n) is 1.27. The Labute approximate surface area is 72.8 Å². The fourth-order valence-electron chi connectivity index (χ4n) is 0.726. The van der Waals surface area contributed by atoms with Gasteiger partial charge >= 0.3 is 0 Å². The van der Waals surface area contributed by atoms with Gasteiger partial charge < -0.3 is 4.90 Å². The van der Waals surface area contributed by atoms with Crippen LogP contribution in [0.3, 0.4) is 0 Å². The highest BCUT2D eigenvalue weighted by molar-refractivity contribution is 5.75. The maximum atomic E-state index is 2.08. The molecule has 0 unspecified atom stereocenters. The number of para-hydroxylation sites is 1. The fraction of sp³-hybridized carbons (Fsp3) is 0.250. The minimum absolute atomic E-state index is 0. The number of nitrogens with zero attached hydrogens (tertiary/aromatic N) is 1. The van der Waals surface area contributed by atoms with Crippen molar-refractivity contribution in [2.45, 2.75) is 0 Å².